The molecule has 0 saturated carbocycles. The van der Waals surface area contributed by atoms with Gasteiger partial charge >= 0.3 is 6.18 Å². The zero-order valence-electron chi connectivity index (χ0n) is 9.11. The molecule has 0 aliphatic rings. The van der Waals surface area contributed by atoms with E-state index in [2.05, 4.69) is 0 Å². The zero-order chi connectivity index (χ0) is 12.3. The fourth-order valence-corrected chi connectivity index (χ4v) is 1.78. The molecule has 90 valence electrons. The SMILES string of the molecule is FC(F)(F)c1ccccc1CCn1cccc1. The summed E-state index contributed by atoms with van der Waals surface area (Å²) >= 11 is 0. The second-order valence-corrected chi connectivity index (χ2v) is 3.83. The minimum atomic E-state index is -4.27. The van der Waals surface area contributed by atoms with Crippen LogP contribution in [0.15, 0.2) is 48.8 Å². The van der Waals surface area contributed by atoms with Crippen molar-refractivity contribution in [3.8, 4) is 0 Å². The molecule has 2 rings (SSSR count). The molecule has 1 aromatic carbocycles. The van der Waals surface area contributed by atoms with Gasteiger partial charge < -0.3 is 4.57 Å². The van der Waals surface area contributed by atoms with Crippen molar-refractivity contribution in [1.82, 2.24) is 4.57 Å². The van der Waals surface area contributed by atoms with Crippen LogP contribution >= 0.6 is 0 Å². The quantitative estimate of drug-likeness (QED) is 0.768. The monoisotopic (exact) mass is 239 g/mol. The molecule has 0 bridgehead atoms. The number of benzene rings is 1. The van der Waals surface area contributed by atoms with Crippen molar-refractivity contribution in [3.05, 3.63) is 59.9 Å². The first-order chi connectivity index (χ1) is 8.07. The maximum atomic E-state index is 12.7. The van der Waals surface area contributed by atoms with Crippen molar-refractivity contribution in [2.45, 2.75) is 19.1 Å². The average Bonchev–Trinajstić information content (AvgIpc) is 2.78. The van der Waals surface area contributed by atoms with E-state index in [0.717, 1.165) is 6.07 Å². The van der Waals surface area contributed by atoms with Gasteiger partial charge in [0.15, 0.2) is 0 Å². The van der Waals surface area contributed by atoms with Crippen molar-refractivity contribution in [2.75, 3.05) is 0 Å². The van der Waals surface area contributed by atoms with E-state index in [9.17, 15) is 13.2 Å². The summed E-state index contributed by atoms with van der Waals surface area (Å²) in [6, 6.07) is 9.44. The Kier molecular flexibility index (Phi) is 3.22. The maximum absolute atomic E-state index is 12.7. The molecule has 2 aromatic rings. The van der Waals surface area contributed by atoms with Gasteiger partial charge in [0.25, 0.3) is 0 Å². The Morgan fingerprint density at radius 2 is 1.59 bits per heavy atom. The lowest BCUT2D eigenvalue weighted by Gasteiger charge is -2.12. The fourth-order valence-electron chi connectivity index (χ4n) is 1.78. The average molecular weight is 239 g/mol. The van der Waals surface area contributed by atoms with Gasteiger partial charge in [-0.1, -0.05) is 18.2 Å². The number of nitrogens with zero attached hydrogens (tertiary/aromatic N) is 1. The highest BCUT2D eigenvalue weighted by atomic mass is 19.4. The van der Waals surface area contributed by atoms with Gasteiger partial charge in [0.1, 0.15) is 0 Å². The van der Waals surface area contributed by atoms with Gasteiger partial charge in [0.2, 0.25) is 0 Å². The number of rotatable bonds is 3. The van der Waals surface area contributed by atoms with Crippen molar-refractivity contribution < 1.29 is 13.2 Å². The van der Waals surface area contributed by atoms with Crippen LogP contribution in [0.2, 0.25) is 0 Å². The summed E-state index contributed by atoms with van der Waals surface area (Å²) in [6.07, 6.45) is -0.204. The van der Waals surface area contributed by atoms with Crippen molar-refractivity contribution in [1.29, 1.82) is 0 Å². The zero-order valence-corrected chi connectivity index (χ0v) is 9.11. The van der Waals surface area contributed by atoms with Gasteiger partial charge in [-0.2, -0.15) is 13.2 Å². The number of aryl methyl sites for hydroxylation is 2. The summed E-state index contributed by atoms with van der Waals surface area (Å²) < 4.78 is 40.0. The van der Waals surface area contributed by atoms with Crippen LogP contribution in [0.5, 0.6) is 0 Å². The molecular formula is C13H12F3N. The third-order valence-electron chi connectivity index (χ3n) is 2.63. The first kappa shape index (κ1) is 11.8. The van der Waals surface area contributed by atoms with Gasteiger partial charge in [-0.05, 0) is 30.2 Å². The van der Waals surface area contributed by atoms with Crippen molar-refractivity contribution in [3.63, 3.8) is 0 Å². The molecule has 4 heteroatoms. The minimum absolute atomic E-state index is 0.341. The van der Waals surface area contributed by atoms with Crippen LogP contribution in [0.4, 0.5) is 13.2 Å². The van der Waals surface area contributed by atoms with Gasteiger partial charge in [0, 0.05) is 18.9 Å². The van der Waals surface area contributed by atoms with Gasteiger partial charge in [-0.15, -0.1) is 0 Å². The second-order valence-electron chi connectivity index (χ2n) is 3.83. The highest BCUT2D eigenvalue weighted by molar-refractivity contribution is 5.29. The summed E-state index contributed by atoms with van der Waals surface area (Å²) in [4.78, 5) is 0. The van der Waals surface area contributed by atoms with Crippen LogP contribution in [0.25, 0.3) is 0 Å². The molecule has 0 saturated heterocycles. The molecule has 0 N–H and O–H groups in total. The number of hydrogen-bond acceptors (Lipinski definition) is 0. The van der Waals surface area contributed by atoms with Gasteiger partial charge in [-0.25, -0.2) is 0 Å². The molecule has 0 fully saturated rings. The number of hydrogen-bond donors (Lipinski definition) is 0. The lowest BCUT2D eigenvalue weighted by atomic mass is 10.0. The van der Waals surface area contributed by atoms with E-state index < -0.39 is 11.7 Å². The Labute approximate surface area is 97.5 Å². The molecule has 0 unspecified atom stereocenters. The van der Waals surface area contributed by atoms with Crippen LogP contribution in [0, 0.1) is 0 Å². The molecule has 0 atom stereocenters. The molecule has 1 heterocycles. The maximum Gasteiger partial charge on any atom is 0.416 e. The topological polar surface area (TPSA) is 4.93 Å². The molecular weight excluding hydrogens is 227 g/mol. The Morgan fingerprint density at radius 1 is 0.941 bits per heavy atom. The molecule has 1 aromatic heterocycles. The molecule has 0 aliphatic heterocycles. The molecule has 0 amide bonds. The number of alkyl halides is 3. The van der Waals surface area contributed by atoms with Crippen LogP contribution < -0.4 is 0 Å². The van der Waals surface area contributed by atoms with Crippen LogP contribution in [0.3, 0.4) is 0 Å². The summed E-state index contributed by atoms with van der Waals surface area (Å²) in [7, 11) is 0. The lowest BCUT2D eigenvalue weighted by Crippen LogP contribution is -2.10. The fraction of sp³-hybridized carbons (Fsp3) is 0.231. The largest absolute Gasteiger partial charge is 0.416 e. The van der Waals surface area contributed by atoms with Gasteiger partial charge in [-0.3, -0.25) is 0 Å². The van der Waals surface area contributed by atoms with Crippen LogP contribution in [-0.2, 0) is 19.1 Å². The van der Waals surface area contributed by atoms with Crippen LogP contribution in [0.1, 0.15) is 11.1 Å². The summed E-state index contributed by atoms with van der Waals surface area (Å²) in [5.74, 6) is 0. The highest BCUT2D eigenvalue weighted by Crippen LogP contribution is 2.32. The Morgan fingerprint density at radius 3 is 2.24 bits per heavy atom. The minimum Gasteiger partial charge on any atom is -0.354 e. The van der Waals surface area contributed by atoms with Crippen LogP contribution in [-0.4, -0.2) is 4.57 Å². The first-order valence-electron chi connectivity index (χ1n) is 5.33. The van der Waals surface area contributed by atoms with Crippen molar-refractivity contribution in [2.24, 2.45) is 0 Å². The molecule has 0 spiro atoms. The smallest absolute Gasteiger partial charge is 0.354 e. The lowest BCUT2D eigenvalue weighted by molar-refractivity contribution is -0.138. The number of halogens is 3. The predicted octanol–water partition coefficient (Wildman–Crippen LogP) is 3.75. The van der Waals surface area contributed by atoms with Crippen molar-refractivity contribution >= 4 is 0 Å². The van der Waals surface area contributed by atoms with E-state index in [4.69, 9.17) is 0 Å². The van der Waals surface area contributed by atoms with E-state index in [1.165, 1.54) is 12.1 Å². The normalized spacial score (nSPS) is 11.7. The van der Waals surface area contributed by atoms with E-state index in [0.29, 0.717) is 18.5 Å². The standard InChI is InChI=1S/C13H12F3N/c14-13(15,16)12-6-2-1-5-11(12)7-10-17-8-3-4-9-17/h1-6,8-9H,7,10H2. The first-order valence-corrected chi connectivity index (χ1v) is 5.33. The molecule has 0 radical (unpaired) electrons. The van der Waals surface area contributed by atoms with E-state index in [1.807, 2.05) is 29.1 Å². The second kappa shape index (κ2) is 4.65. The summed E-state index contributed by atoms with van der Waals surface area (Å²) in [5, 5.41) is 0. The summed E-state index contributed by atoms with van der Waals surface area (Å²) in [6.45, 7) is 0.556. The highest BCUT2D eigenvalue weighted by Gasteiger charge is 2.32. The number of aromatic nitrogens is 1. The molecule has 0 aliphatic carbocycles. The Bertz CT molecular complexity index is 472. The van der Waals surface area contributed by atoms with E-state index >= 15 is 0 Å². The van der Waals surface area contributed by atoms with Gasteiger partial charge in [0.05, 0.1) is 5.56 Å². The Hall–Kier alpha value is -1.71. The molecule has 1 nitrogen and oxygen atoms in total. The molecule has 17 heavy (non-hydrogen) atoms. The third kappa shape index (κ3) is 2.90. The van der Waals surface area contributed by atoms with E-state index in [1.54, 1.807) is 6.07 Å². The third-order valence-corrected chi connectivity index (χ3v) is 2.63. The predicted molar refractivity (Wildman–Crippen MR) is 59.6 cm³/mol. The van der Waals surface area contributed by atoms with E-state index in [-0.39, 0.29) is 0 Å². The Balaban J connectivity index is 2.16. The summed E-state index contributed by atoms with van der Waals surface area (Å²) in [5.41, 5.74) is -0.194.